The molecule has 0 saturated carbocycles. The van der Waals surface area contributed by atoms with Crippen molar-refractivity contribution in [1.82, 2.24) is 0 Å². The van der Waals surface area contributed by atoms with E-state index < -0.39 is 6.04 Å². The molecule has 0 heterocycles. The van der Waals surface area contributed by atoms with Gasteiger partial charge in [0.15, 0.2) is 6.04 Å². The first kappa shape index (κ1) is 13.0. The molecule has 2 aromatic rings. The fourth-order valence-electron chi connectivity index (χ4n) is 1.73. The van der Waals surface area contributed by atoms with Crippen LogP contribution in [0.2, 0.25) is 0 Å². The highest BCUT2D eigenvalue weighted by molar-refractivity contribution is 5.84. The third kappa shape index (κ3) is 3.52. The summed E-state index contributed by atoms with van der Waals surface area (Å²) in [7, 11) is 1.37. The number of aliphatic imine (C=N–C) groups is 1. The van der Waals surface area contributed by atoms with Crippen LogP contribution in [0.15, 0.2) is 65.7 Å². The molecule has 1 atom stereocenters. The van der Waals surface area contributed by atoms with E-state index in [1.54, 1.807) is 6.21 Å². The smallest absolute Gasteiger partial charge is 0.335 e. The largest absolute Gasteiger partial charge is 0.467 e. The second-order valence-corrected chi connectivity index (χ2v) is 4.03. The number of methoxy groups -OCH3 is 1. The molecule has 19 heavy (non-hydrogen) atoms. The summed E-state index contributed by atoms with van der Waals surface area (Å²) in [4.78, 5) is 16.1. The zero-order chi connectivity index (χ0) is 13.5. The molecule has 2 rings (SSSR count). The predicted octanol–water partition coefficient (Wildman–Crippen LogP) is 3.02. The fourth-order valence-corrected chi connectivity index (χ4v) is 1.73. The maximum absolute atomic E-state index is 11.8. The van der Waals surface area contributed by atoms with Gasteiger partial charge in [0.25, 0.3) is 0 Å². The summed E-state index contributed by atoms with van der Waals surface area (Å²) < 4.78 is 4.80. The molecule has 0 aromatic heterocycles. The summed E-state index contributed by atoms with van der Waals surface area (Å²) in [6, 6.07) is 18.4. The van der Waals surface area contributed by atoms with Crippen LogP contribution in [-0.4, -0.2) is 19.3 Å². The first-order valence-corrected chi connectivity index (χ1v) is 6.02. The molecule has 0 fully saturated rings. The Morgan fingerprint density at radius 1 is 1.05 bits per heavy atom. The Balaban J connectivity index is 2.25. The first-order chi connectivity index (χ1) is 9.31. The van der Waals surface area contributed by atoms with Crippen molar-refractivity contribution in [2.24, 2.45) is 4.99 Å². The van der Waals surface area contributed by atoms with Crippen molar-refractivity contribution in [3.8, 4) is 0 Å². The van der Waals surface area contributed by atoms with Crippen molar-refractivity contribution >= 4 is 12.2 Å². The molecule has 96 valence electrons. The van der Waals surface area contributed by atoms with Crippen LogP contribution in [-0.2, 0) is 9.53 Å². The SMILES string of the molecule is COC(=O)[C@H](N=Cc1ccccc1)c1ccccc1. The van der Waals surface area contributed by atoms with Crippen molar-refractivity contribution in [3.05, 3.63) is 71.8 Å². The van der Waals surface area contributed by atoms with Gasteiger partial charge in [-0.05, 0) is 11.1 Å². The zero-order valence-electron chi connectivity index (χ0n) is 10.7. The van der Waals surface area contributed by atoms with Gasteiger partial charge in [-0.25, -0.2) is 4.79 Å². The minimum absolute atomic E-state index is 0.363. The number of hydrogen-bond donors (Lipinski definition) is 0. The minimum atomic E-state index is -0.619. The van der Waals surface area contributed by atoms with Crippen LogP contribution in [0.25, 0.3) is 0 Å². The molecule has 2 aromatic carbocycles. The summed E-state index contributed by atoms with van der Waals surface area (Å²) in [6.45, 7) is 0. The minimum Gasteiger partial charge on any atom is -0.467 e. The molecule has 0 N–H and O–H groups in total. The second-order valence-electron chi connectivity index (χ2n) is 4.03. The standard InChI is InChI=1S/C16H15NO2/c1-19-16(18)15(14-10-6-3-7-11-14)17-12-13-8-4-2-5-9-13/h2-12,15H,1H3/t15-/m1/s1. The maximum atomic E-state index is 11.8. The molecule has 0 aliphatic heterocycles. The Kier molecular flexibility index (Phi) is 4.45. The Morgan fingerprint density at radius 3 is 2.21 bits per heavy atom. The average Bonchev–Trinajstić information content (AvgIpc) is 2.49. The lowest BCUT2D eigenvalue weighted by Gasteiger charge is -2.10. The summed E-state index contributed by atoms with van der Waals surface area (Å²) in [5.41, 5.74) is 1.77. The third-order valence-electron chi connectivity index (χ3n) is 2.71. The van der Waals surface area contributed by atoms with Gasteiger partial charge < -0.3 is 4.74 Å². The number of nitrogens with zero attached hydrogens (tertiary/aromatic N) is 1. The summed E-state index contributed by atoms with van der Waals surface area (Å²) in [6.07, 6.45) is 1.69. The van der Waals surface area contributed by atoms with Crippen molar-refractivity contribution in [3.63, 3.8) is 0 Å². The van der Waals surface area contributed by atoms with Gasteiger partial charge in [-0.15, -0.1) is 0 Å². The number of esters is 1. The fraction of sp³-hybridized carbons (Fsp3) is 0.125. The van der Waals surface area contributed by atoms with E-state index >= 15 is 0 Å². The van der Waals surface area contributed by atoms with E-state index in [0.717, 1.165) is 11.1 Å². The van der Waals surface area contributed by atoms with E-state index in [1.165, 1.54) is 7.11 Å². The van der Waals surface area contributed by atoms with Crippen molar-refractivity contribution in [2.75, 3.05) is 7.11 Å². The molecule has 0 bridgehead atoms. The molecule has 0 amide bonds. The van der Waals surface area contributed by atoms with Crippen LogP contribution >= 0.6 is 0 Å². The molecule has 3 nitrogen and oxygen atoms in total. The summed E-state index contributed by atoms with van der Waals surface area (Å²) in [5, 5.41) is 0. The lowest BCUT2D eigenvalue weighted by molar-refractivity contribution is -0.142. The van der Waals surface area contributed by atoms with E-state index in [0.29, 0.717) is 0 Å². The molecule has 0 aliphatic rings. The second kappa shape index (κ2) is 6.50. The van der Waals surface area contributed by atoms with Crippen LogP contribution < -0.4 is 0 Å². The number of carbonyl (C=O) groups is 1. The zero-order valence-corrected chi connectivity index (χ0v) is 10.7. The van der Waals surface area contributed by atoms with Crippen LogP contribution in [0, 0.1) is 0 Å². The highest BCUT2D eigenvalue weighted by atomic mass is 16.5. The quantitative estimate of drug-likeness (QED) is 0.620. The maximum Gasteiger partial charge on any atom is 0.335 e. The molecule has 0 saturated heterocycles. The molecule has 3 heteroatoms. The van der Waals surface area contributed by atoms with E-state index in [4.69, 9.17) is 4.74 Å². The van der Waals surface area contributed by atoms with Crippen LogP contribution in [0.5, 0.6) is 0 Å². The lowest BCUT2D eigenvalue weighted by Crippen LogP contribution is -2.12. The Labute approximate surface area is 112 Å². The van der Waals surface area contributed by atoms with E-state index in [-0.39, 0.29) is 5.97 Å². The topological polar surface area (TPSA) is 38.7 Å². The molecule has 0 unspecified atom stereocenters. The van der Waals surface area contributed by atoms with Gasteiger partial charge in [0.05, 0.1) is 7.11 Å². The number of benzene rings is 2. The van der Waals surface area contributed by atoms with Gasteiger partial charge in [-0.1, -0.05) is 60.7 Å². The monoisotopic (exact) mass is 253 g/mol. The highest BCUT2D eigenvalue weighted by Gasteiger charge is 2.19. The number of ether oxygens (including phenoxy) is 1. The van der Waals surface area contributed by atoms with E-state index in [9.17, 15) is 4.79 Å². The number of rotatable bonds is 4. The van der Waals surface area contributed by atoms with Crippen LogP contribution in [0.4, 0.5) is 0 Å². The van der Waals surface area contributed by atoms with Crippen LogP contribution in [0.1, 0.15) is 17.2 Å². The molecular formula is C16H15NO2. The van der Waals surface area contributed by atoms with Gasteiger partial charge in [0.1, 0.15) is 0 Å². The number of hydrogen-bond acceptors (Lipinski definition) is 3. The van der Waals surface area contributed by atoms with Gasteiger partial charge in [-0.3, -0.25) is 4.99 Å². The molecule has 0 radical (unpaired) electrons. The third-order valence-corrected chi connectivity index (χ3v) is 2.71. The van der Waals surface area contributed by atoms with E-state index in [2.05, 4.69) is 4.99 Å². The molecule has 0 spiro atoms. The molecule has 0 aliphatic carbocycles. The van der Waals surface area contributed by atoms with E-state index in [1.807, 2.05) is 60.7 Å². The highest BCUT2D eigenvalue weighted by Crippen LogP contribution is 2.18. The first-order valence-electron chi connectivity index (χ1n) is 6.02. The normalized spacial score (nSPS) is 12.3. The summed E-state index contributed by atoms with van der Waals surface area (Å²) >= 11 is 0. The van der Waals surface area contributed by atoms with Gasteiger partial charge in [0.2, 0.25) is 0 Å². The average molecular weight is 253 g/mol. The van der Waals surface area contributed by atoms with Gasteiger partial charge in [0, 0.05) is 6.21 Å². The Hall–Kier alpha value is -2.42. The van der Waals surface area contributed by atoms with Crippen LogP contribution in [0.3, 0.4) is 0 Å². The Morgan fingerprint density at radius 2 is 1.63 bits per heavy atom. The van der Waals surface area contributed by atoms with Gasteiger partial charge in [-0.2, -0.15) is 0 Å². The molecular weight excluding hydrogens is 238 g/mol. The van der Waals surface area contributed by atoms with Crippen molar-refractivity contribution < 1.29 is 9.53 Å². The predicted molar refractivity (Wildman–Crippen MR) is 75.2 cm³/mol. The Bertz CT molecular complexity index is 549. The van der Waals surface area contributed by atoms with Crippen molar-refractivity contribution in [1.29, 1.82) is 0 Å². The lowest BCUT2D eigenvalue weighted by atomic mass is 10.1. The number of carbonyl (C=O) groups excluding carboxylic acids is 1. The van der Waals surface area contributed by atoms with Gasteiger partial charge >= 0.3 is 5.97 Å². The summed E-state index contributed by atoms with van der Waals surface area (Å²) in [5.74, 6) is -0.363. The van der Waals surface area contributed by atoms with Crippen molar-refractivity contribution in [2.45, 2.75) is 6.04 Å².